The molecule has 0 saturated carbocycles. The van der Waals surface area contributed by atoms with Gasteiger partial charge in [-0.1, -0.05) is 37.3 Å². The van der Waals surface area contributed by atoms with Gasteiger partial charge in [0.15, 0.2) is 0 Å². The zero-order chi connectivity index (χ0) is 15.4. The van der Waals surface area contributed by atoms with Crippen LogP contribution >= 0.6 is 11.8 Å². The van der Waals surface area contributed by atoms with Crippen LogP contribution in [0.5, 0.6) is 0 Å². The van der Waals surface area contributed by atoms with Crippen molar-refractivity contribution < 1.29 is 5.11 Å². The molecular weight excluding hydrogens is 292 g/mol. The normalized spacial score (nSPS) is 10.8. The van der Waals surface area contributed by atoms with E-state index >= 15 is 0 Å². The highest BCUT2D eigenvalue weighted by molar-refractivity contribution is 7.99. The number of rotatable bonds is 5. The molecule has 0 fully saturated rings. The summed E-state index contributed by atoms with van der Waals surface area (Å²) in [7, 11) is 0. The lowest BCUT2D eigenvalue weighted by Crippen LogP contribution is -1.93. The van der Waals surface area contributed by atoms with Crippen molar-refractivity contribution in [2.24, 2.45) is 0 Å². The van der Waals surface area contributed by atoms with E-state index in [0.717, 1.165) is 28.3 Å². The predicted molar refractivity (Wildman–Crippen MR) is 91.3 cm³/mol. The Bertz CT molecular complexity index is 736. The van der Waals surface area contributed by atoms with E-state index in [1.54, 1.807) is 0 Å². The lowest BCUT2D eigenvalue weighted by atomic mass is 10.1. The summed E-state index contributed by atoms with van der Waals surface area (Å²) in [5.74, 6) is 1.06. The molecule has 22 heavy (non-hydrogen) atoms. The number of aromatic nitrogens is 2. The highest BCUT2D eigenvalue weighted by Crippen LogP contribution is 2.26. The number of thioether (sulfide) groups is 1. The second kappa shape index (κ2) is 6.81. The molecule has 4 heteroatoms. The molecule has 0 atom stereocenters. The number of hydrogen-bond donors (Lipinski definition) is 1. The third-order valence-electron chi connectivity index (χ3n) is 3.42. The van der Waals surface area contributed by atoms with E-state index in [4.69, 9.17) is 0 Å². The molecule has 0 amide bonds. The van der Waals surface area contributed by atoms with Crippen LogP contribution in [0.1, 0.15) is 12.5 Å². The lowest BCUT2D eigenvalue weighted by Gasteiger charge is -2.03. The van der Waals surface area contributed by atoms with Crippen LogP contribution in [0.3, 0.4) is 0 Å². The molecule has 0 bridgehead atoms. The minimum Gasteiger partial charge on any atom is -0.392 e. The van der Waals surface area contributed by atoms with E-state index in [9.17, 15) is 5.11 Å². The van der Waals surface area contributed by atoms with Crippen molar-refractivity contribution in [1.29, 1.82) is 0 Å². The van der Waals surface area contributed by atoms with E-state index < -0.39 is 0 Å². The molecule has 1 N–H and O–H groups in total. The first-order valence-corrected chi connectivity index (χ1v) is 8.28. The van der Waals surface area contributed by atoms with E-state index in [2.05, 4.69) is 36.3 Å². The number of benzene rings is 2. The zero-order valence-corrected chi connectivity index (χ0v) is 13.3. The third kappa shape index (κ3) is 3.08. The summed E-state index contributed by atoms with van der Waals surface area (Å²) in [6.45, 7) is 2.12. The largest absolute Gasteiger partial charge is 0.392 e. The highest BCUT2D eigenvalue weighted by atomic mass is 32.2. The van der Waals surface area contributed by atoms with Crippen LogP contribution in [0.2, 0.25) is 0 Å². The molecule has 0 aliphatic rings. The zero-order valence-electron chi connectivity index (χ0n) is 12.4. The number of aliphatic hydroxyl groups is 1. The van der Waals surface area contributed by atoms with E-state index in [1.807, 2.05) is 53.0 Å². The minimum absolute atomic E-state index is 0.0202. The Hall–Kier alpha value is -2.04. The van der Waals surface area contributed by atoms with Crippen molar-refractivity contribution in [3.63, 3.8) is 0 Å². The van der Waals surface area contributed by atoms with Crippen molar-refractivity contribution in [2.75, 3.05) is 5.75 Å². The van der Waals surface area contributed by atoms with Crippen LogP contribution in [0.4, 0.5) is 0 Å². The molecular formula is C18H18N2OS. The van der Waals surface area contributed by atoms with Crippen molar-refractivity contribution in [3.8, 4) is 16.9 Å². The Morgan fingerprint density at radius 2 is 1.77 bits per heavy atom. The number of aliphatic hydroxyl groups excluding tert-OH is 1. The van der Waals surface area contributed by atoms with Gasteiger partial charge in [0.05, 0.1) is 18.0 Å². The molecule has 112 valence electrons. The molecule has 1 aromatic heterocycles. The van der Waals surface area contributed by atoms with Gasteiger partial charge in [0.25, 0.3) is 0 Å². The first-order valence-electron chi connectivity index (χ1n) is 7.30. The maximum absolute atomic E-state index is 9.62. The van der Waals surface area contributed by atoms with Gasteiger partial charge in [-0.2, -0.15) is 5.10 Å². The molecule has 3 nitrogen and oxygen atoms in total. The van der Waals surface area contributed by atoms with Crippen molar-refractivity contribution >= 4 is 11.8 Å². The van der Waals surface area contributed by atoms with Crippen LogP contribution in [0, 0.1) is 0 Å². The van der Waals surface area contributed by atoms with Gasteiger partial charge in [0, 0.05) is 22.2 Å². The smallest absolute Gasteiger partial charge is 0.0982 e. The Kier molecular flexibility index (Phi) is 4.61. The van der Waals surface area contributed by atoms with Gasteiger partial charge in [-0.25, -0.2) is 4.68 Å². The second-order valence-corrected chi connectivity index (χ2v) is 6.24. The molecule has 0 radical (unpaired) electrons. The lowest BCUT2D eigenvalue weighted by molar-refractivity contribution is 0.282. The molecule has 2 aromatic carbocycles. The Morgan fingerprint density at radius 3 is 2.41 bits per heavy atom. The highest BCUT2D eigenvalue weighted by Gasteiger charge is 2.11. The maximum atomic E-state index is 9.62. The van der Waals surface area contributed by atoms with Crippen LogP contribution in [-0.4, -0.2) is 20.6 Å². The first-order chi connectivity index (χ1) is 10.8. The number of nitrogens with zero attached hydrogens (tertiary/aromatic N) is 2. The van der Waals surface area contributed by atoms with Gasteiger partial charge >= 0.3 is 0 Å². The van der Waals surface area contributed by atoms with Gasteiger partial charge in [-0.3, -0.25) is 0 Å². The standard InChI is InChI=1S/C18H18N2OS/c1-2-22-17-10-8-14(9-11-17)18-15(13-21)12-20(19-18)16-6-4-3-5-7-16/h3-12,21H,2,13H2,1H3. The molecule has 0 spiro atoms. The second-order valence-electron chi connectivity index (χ2n) is 4.90. The molecule has 3 aromatic rings. The van der Waals surface area contributed by atoms with Crippen molar-refractivity contribution in [1.82, 2.24) is 9.78 Å². The Morgan fingerprint density at radius 1 is 1.05 bits per heavy atom. The van der Waals surface area contributed by atoms with E-state index in [-0.39, 0.29) is 6.61 Å². The molecule has 0 saturated heterocycles. The summed E-state index contributed by atoms with van der Waals surface area (Å²) in [6.07, 6.45) is 1.89. The van der Waals surface area contributed by atoms with Crippen molar-refractivity contribution in [3.05, 3.63) is 66.4 Å². The summed E-state index contributed by atoms with van der Waals surface area (Å²) >= 11 is 1.82. The Labute approximate surface area is 134 Å². The quantitative estimate of drug-likeness (QED) is 0.720. The van der Waals surface area contributed by atoms with Crippen molar-refractivity contribution in [2.45, 2.75) is 18.4 Å². The fraction of sp³-hybridized carbons (Fsp3) is 0.167. The fourth-order valence-electron chi connectivity index (χ4n) is 2.36. The third-order valence-corrected chi connectivity index (χ3v) is 4.31. The van der Waals surface area contributed by atoms with Gasteiger partial charge in [0.1, 0.15) is 0 Å². The van der Waals surface area contributed by atoms with Crippen LogP contribution in [0.25, 0.3) is 16.9 Å². The molecule has 0 unspecified atom stereocenters. The SMILES string of the molecule is CCSc1ccc(-c2nn(-c3ccccc3)cc2CO)cc1. The topological polar surface area (TPSA) is 38.0 Å². The van der Waals surface area contributed by atoms with Crippen LogP contribution in [-0.2, 0) is 6.61 Å². The average Bonchev–Trinajstić information content (AvgIpc) is 3.01. The van der Waals surface area contributed by atoms with E-state index in [1.165, 1.54) is 4.90 Å². The van der Waals surface area contributed by atoms with Crippen LogP contribution in [0.15, 0.2) is 65.7 Å². The summed E-state index contributed by atoms with van der Waals surface area (Å²) < 4.78 is 1.82. The first kappa shape index (κ1) is 14.9. The Balaban J connectivity index is 1.98. The van der Waals surface area contributed by atoms with Crippen LogP contribution < -0.4 is 0 Å². The number of hydrogen-bond acceptors (Lipinski definition) is 3. The average molecular weight is 310 g/mol. The maximum Gasteiger partial charge on any atom is 0.0982 e. The minimum atomic E-state index is -0.0202. The predicted octanol–water partition coefficient (Wildman–Crippen LogP) is 4.14. The van der Waals surface area contributed by atoms with E-state index in [0.29, 0.717) is 0 Å². The molecule has 0 aliphatic heterocycles. The molecule has 0 aliphatic carbocycles. The van der Waals surface area contributed by atoms with Gasteiger partial charge < -0.3 is 5.11 Å². The van der Waals surface area contributed by atoms with Gasteiger partial charge in [-0.15, -0.1) is 11.8 Å². The summed E-state index contributed by atoms with van der Waals surface area (Å²) in [5, 5.41) is 14.3. The van der Waals surface area contributed by atoms with Gasteiger partial charge in [-0.05, 0) is 30.0 Å². The summed E-state index contributed by atoms with van der Waals surface area (Å²) in [6, 6.07) is 18.3. The molecule has 3 rings (SSSR count). The summed E-state index contributed by atoms with van der Waals surface area (Å²) in [5.41, 5.74) is 3.68. The molecule has 1 heterocycles. The number of para-hydroxylation sites is 1. The van der Waals surface area contributed by atoms with Gasteiger partial charge in [0.2, 0.25) is 0 Å². The monoisotopic (exact) mass is 310 g/mol. The summed E-state index contributed by atoms with van der Waals surface area (Å²) in [4.78, 5) is 1.25. The fourth-order valence-corrected chi connectivity index (χ4v) is 3.02.